The molecule has 7 heteroatoms. The van der Waals surface area contributed by atoms with Crippen LogP contribution in [0.3, 0.4) is 0 Å². The molecular formula is C17H21N3O4. The van der Waals surface area contributed by atoms with Gasteiger partial charge in [0.2, 0.25) is 11.8 Å². The van der Waals surface area contributed by atoms with Crippen molar-refractivity contribution >= 4 is 23.6 Å². The number of carbonyl (C=O) groups excluding carboxylic acids is 4. The van der Waals surface area contributed by atoms with E-state index in [1.54, 1.807) is 24.3 Å². The zero-order valence-corrected chi connectivity index (χ0v) is 13.6. The molecule has 0 aromatic heterocycles. The topological polar surface area (TPSA) is 95.6 Å². The number of benzene rings is 1. The molecule has 128 valence electrons. The van der Waals surface area contributed by atoms with Crippen LogP contribution in [0.5, 0.6) is 0 Å². The van der Waals surface area contributed by atoms with E-state index < -0.39 is 17.7 Å². The van der Waals surface area contributed by atoms with Crippen LogP contribution in [0.2, 0.25) is 0 Å². The number of hydrogen-bond acceptors (Lipinski definition) is 4. The van der Waals surface area contributed by atoms with Crippen molar-refractivity contribution in [1.29, 1.82) is 0 Å². The molecular weight excluding hydrogens is 310 g/mol. The van der Waals surface area contributed by atoms with Crippen molar-refractivity contribution in [3.63, 3.8) is 0 Å². The SMILES string of the molecule is CCCCC(=O)NCCNC(=O)CN1C(=O)c2ccccc2C1=O. The third-order valence-electron chi connectivity index (χ3n) is 3.71. The van der Waals surface area contributed by atoms with Gasteiger partial charge in [-0.3, -0.25) is 24.1 Å². The Kier molecular flexibility index (Phi) is 6.06. The summed E-state index contributed by atoms with van der Waals surface area (Å²) in [6.45, 7) is 2.25. The predicted molar refractivity (Wildman–Crippen MR) is 87.4 cm³/mol. The Hall–Kier alpha value is -2.70. The summed E-state index contributed by atoms with van der Waals surface area (Å²) < 4.78 is 0. The second kappa shape index (κ2) is 8.24. The fourth-order valence-electron chi connectivity index (χ4n) is 2.41. The maximum Gasteiger partial charge on any atom is 0.262 e. The average Bonchev–Trinajstić information content (AvgIpc) is 2.82. The second-order valence-electron chi connectivity index (χ2n) is 5.55. The maximum atomic E-state index is 12.1. The van der Waals surface area contributed by atoms with Gasteiger partial charge >= 0.3 is 0 Å². The van der Waals surface area contributed by atoms with E-state index in [0.717, 1.165) is 17.7 Å². The normalized spacial score (nSPS) is 13.0. The third-order valence-corrected chi connectivity index (χ3v) is 3.71. The van der Waals surface area contributed by atoms with Gasteiger partial charge in [-0.1, -0.05) is 25.5 Å². The summed E-state index contributed by atoms with van der Waals surface area (Å²) in [6.07, 6.45) is 2.25. The van der Waals surface area contributed by atoms with Crippen LogP contribution in [0.4, 0.5) is 0 Å². The second-order valence-corrected chi connectivity index (χ2v) is 5.55. The van der Waals surface area contributed by atoms with Gasteiger partial charge in [0.15, 0.2) is 0 Å². The number of imide groups is 1. The number of unbranched alkanes of at least 4 members (excludes halogenated alkanes) is 1. The monoisotopic (exact) mass is 331 g/mol. The molecule has 1 aliphatic heterocycles. The molecule has 0 bridgehead atoms. The molecule has 4 amide bonds. The van der Waals surface area contributed by atoms with Gasteiger partial charge in [-0.15, -0.1) is 0 Å². The van der Waals surface area contributed by atoms with Gasteiger partial charge in [-0.25, -0.2) is 0 Å². The zero-order chi connectivity index (χ0) is 17.5. The van der Waals surface area contributed by atoms with E-state index in [1.807, 2.05) is 6.92 Å². The lowest BCUT2D eigenvalue weighted by Gasteiger charge is -2.13. The van der Waals surface area contributed by atoms with E-state index in [1.165, 1.54) is 0 Å². The molecule has 1 aromatic carbocycles. The molecule has 2 rings (SSSR count). The minimum atomic E-state index is -0.460. The zero-order valence-electron chi connectivity index (χ0n) is 13.6. The molecule has 0 spiro atoms. The lowest BCUT2D eigenvalue weighted by Crippen LogP contribution is -2.42. The van der Waals surface area contributed by atoms with Gasteiger partial charge in [0.25, 0.3) is 11.8 Å². The van der Waals surface area contributed by atoms with Crippen molar-refractivity contribution in [2.45, 2.75) is 26.2 Å². The van der Waals surface area contributed by atoms with E-state index >= 15 is 0 Å². The van der Waals surface area contributed by atoms with Gasteiger partial charge in [0.05, 0.1) is 11.1 Å². The van der Waals surface area contributed by atoms with Gasteiger partial charge in [0.1, 0.15) is 6.54 Å². The first-order valence-electron chi connectivity index (χ1n) is 8.03. The molecule has 0 radical (unpaired) electrons. The van der Waals surface area contributed by atoms with Crippen LogP contribution >= 0.6 is 0 Å². The standard InChI is InChI=1S/C17H21N3O4/c1-2-3-8-14(21)18-9-10-19-15(22)11-20-16(23)12-6-4-5-7-13(12)17(20)24/h4-7H,2-3,8-11H2,1H3,(H,18,21)(H,19,22). The van der Waals surface area contributed by atoms with Crippen molar-refractivity contribution in [3.05, 3.63) is 35.4 Å². The van der Waals surface area contributed by atoms with Crippen LogP contribution in [0.1, 0.15) is 46.9 Å². The highest BCUT2D eigenvalue weighted by Crippen LogP contribution is 2.21. The minimum Gasteiger partial charge on any atom is -0.354 e. The van der Waals surface area contributed by atoms with Gasteiger partial charge in [0, 0.05) is 19.5 Å². The molecule has 1 aromatic rings. The first-order valence-corrected chi connectivity index (χ1v) is 8.03. The van der Waals surface area contributed by atoms with Crippen LogP contribution in [0.15, 0.2) is 24.3 Å². The Balaban J connectivity index is 1.75. The van der Waals surface area contributed by atoms with Crippen LogP contribution < -0.4 is 10.6 Å². The van der Waals surface area contributed by atoms with Crippen LogP contribution in [0, 0.1) is 0 Å². The number of rotatable bonds is 8. The lowest BCUT2D eigenvalue weighted by molar-refractivity contribution is -0.123. The fraction of sp³-hybridized carbons (Fsp3) is 0.412. The molecule has 2 N–H and O–H groups in total. The molecule has 0 saturated heterocycles. The highest BCUT2D eigenvalue weighted by molar-refractivity contribution is 6.22. The highest BCUT2D eigenvalue weighted by Gasteiger charge is 2.36. The van der Waals surface area contributed by atoms with Crippen LogP contribution in [-0.2, 0) is 9.59 Å². The first kappa shape index (κ1) is 17.7. The van der Waals surface area contributed by atoms with E-state index in [9.17, 15) is 19.2 Å². The Morgan fingerprint density at radius 3 is 2.04 bits per heavy atom. The molecule has 1 aliphatic rings. The molecule has 0 unspecified atom stereocenters. The molecule has 0 atom stereocenters. The molecule has 0 saturated carbocycles. The Bertz CT molecular complexity index is 622. The summed E-state index contributed by atoms with van der Waals surface area (Å²) >= 11 is 0. The Morgan fingerprint density at radius 2 is 1.50 bits per heavy atom. The summed E-state index contributed by atoms with van der Waals surface area (Å²) in [5, 5.41) is 5.29. The summed E-state index contributed by atoms with van der Waals surface area (Å²) in [5.41, 5.74) is 0.636. The fourth-order valence-corrected chi connectivity index (χ4v) is 2.41. The average molecular weight is 331 g/mol. The molecule has 0 aliphatic carbocycles. The molecule has 0 fully saturated rings. The largest absolute Gasteiger partial charge is 0.354 e. The maximum absolute atomic E-state index is 12.1. The lowest BCUT2D eigenvalue weighted by atomic mass is 10.1. The summed E-state index contributed by atoms with van der Waals surface area (Å²) in [6, 6.07) is 6.49. The Morgan fingerprint density at radius 1 is 0.958 bits per heavy atom. The van der Waals surface area contributed by atoms with Crippen molar-refractivity contribution in [2.75, 3.05) is 19.6 Å². The molecule has 24 heavy (non-hydrogen) atoms. The van der Waals surface area contributed by atoms with Gasteiger partial charge < -0.3 is 10.6 Å². The number of nitrogens with zero attached hydrogens (tertiary/aromatic N) is 1. The van der Waals surface area contributed by atoms with Gasteiger partial charge in [-0.05, 0) is 18.6 Å². The smallest absolute Gasteiger partial charge is 0.262 e. The number of fused-ring (bicyclic) bond motifs is 1. The van der Waals surface area contributed by atoms with Crippen molar-refractivity contribution in [2.24, 2.45) is 0 Å². The Labute approximate surface area is 140 Å². The van der Waals surface area contributed by atoms with Crippen LogP contribution in [0.25, 0.3) is 0 Å². The van der Waals surface area contributed by atoms with Gasteiger partial charge in [-0.2, -0.15) is 0 Å². The summed E-state index contributed by atoms with van der Waals surface area (Å²) in [4.78, 5) is 48.5. The third kappa shape index (κ3) is 4.18. The van der Waals surface area contributed by atoms with Crippen molar-refractivity contribution < 1.29 is 19.2 Å². The minimum absolute atomic E-state index is 0.0496. The van der Waals surface area contributed by atoms with E-state index in [4.69, 9.17) is 0 Å². The van der Waals surface area contributed by atoms with E-state index in [2.05, 4.69) is 10.6 Å². The predicted octanol–water partition coefficient (Wildman–Crippen LogP) is 0.705. The van der Waals surface area contributed by atoms with Crippen molar-refractivity contribution in [1.82, 2.24) is 15.5 Å². The van der Waals surface area contributed by atoms with Crippen LogP contribution in [-0.4, -0.2) is 48.2 Å². The molecule has 1 heterocycles. The molecule has 7 nitrogen and oxygen atoms in total. The van der Waals surface area contributed by atoms with E-state index in [-0.39, 0.29) is 19.0 Å². The number of amides is 4. The number of carbonyl (C=O) groups is 4. The first-order chi connectivity index (χ1) is 11.5. The van der Waals surface area contributed by atoms with Crippen molar-refractivity contribution in [3.8, 4) is 0 Å². The quantitative estimate of drug-likeness (QED) is 0.541. The van der Waals surface area contributed by atoms with E-state index in [0.29, 0.717) is 24.1 Å². The number of hydrogen-bond donors (Lipinski definition) is 2. The number of nitrogens with one attached hydrogen (secondary N) is 2. The summed E-state index contributed by atoms with van der Waals surface area (Å²) in [7, 11) is 0. The summed E-state index contributed by atoms with van der Waals surface area (Å²) in [5.74, 6) is -1.41. The highest BCUT2D eigenvalue weighted by atomic mass is 16.2.